The molecule has 0 atom stereocenters. The number of benzene rings is 2. The maximum Gasteiger partial charge on any atom is 0.264 e. The third kappa shape index (κ3) is 3.98. The summed E-state index contributed by atoms with van der Waals surface area (Å²) < 4.78 is 41.1. The molecule has 0 aliphatic carbocycles. The fraction of sp³-hybridized carbons (Fsp3) is 0.0500. The molecule has 2 aromatic heterocycles. The van der Waals surface area contributed by atoms with E-state index in [1.54, 1.807) is 28.9 Å². The number of hydrogen-bond donors (Lipinski definition) is 2. The number of hydrogen-bond acceptors (Lipinski definition) is 6. The highest BCUT2D eigenvalue weighted by Gasteiger charge is 2.15. The Balaban J connectivity index is 1.62. The quantitative estimate of drug-likeness (QED) is 0.509. The number of anilines is 2. The van der Waals surface area contributed by atoms with Crippen LogP contribution in [0.2, 0.25) is 0 Å². The van der Waals surface area contributed by atoms with Crippen LogP contribution in [0.4, 0.5) is 16.0 Å². The zero-order valence-corrected chi connectivity index (χ0v) is 16.5. The van der Waals surface area contributed by atoms with Gasteiger partial charge in [-0.05, 0) is 54.1 Å². The third-order valence-corrected chi connectivity index (χ3v) is 5.65. The average molecular weight is 425 g/mol. The summed E-state index contributed by atoms with van der Waals surface area (Å²) in [6, 6.07) is 15.6. The number of rotatable bonds is 5. The summed E-state index contributed by atoms with van der Waals surface area (Å²) in [6.45, 7) is 1.13. The normalized spacial score (nSPS) is 11.4. The largest absolute Gasteiger partial charge is 0.323 e. The molecule has 8 nitrogen and oxygen atoms in total. The van der Waals surface area contributed by atoms with Crippen LogP contribution in [-0.4, -0.2) is 28.9 Å². The molecule has 1 amide bonds. The molecule has 2 N–H and O–H groups in total. The first kappa shape index (κ1) is 19.5. The molecule has 0 aliphatic rings. The molecule has 0 saturated heterocycles. The highest BCUT2D eigenvalue weighted by molar-refractivity contribution is 7.90. The van der Waals surface area contributed by atoms with Gasteiger partial charge in [-0.1, -0.05) is 12.1 Å². The smallest absolute Gasteiger partial charge is 0.264 e. The lowest BCUT2D eigenvalue weighted by atomic mass is 10.1. The molecule has 2 heterocycles. The molecule has 2 aromatic carbocycles. The van der Waals surface area contributed by atoms with Crippen LogP contribution in [0.3, 0.4) is 0 Å². The van der Waals surface area contributed by atoms with Gasteiger partial charge in [-0.3, -0.25) is 4.79 Å². The van der Waals surface area contributed by atoms with E-state index in [4.69, 9.17) is 0 Å². The van der Waals surface area contributed by atoms with E-state index >= 15 is 0 Å². The van der Waals surface area contributed by atoms with Crippen molar-refractivity contribution in [2.24, 2.45) is 0 Å². The molecular formula is C20H16FN5O3S. The van der Waals surface area contributed by atoms with E-state index in [0.717, 1.165) is 6.92 Å². The highest BCUT2D eigenvalue weighted by Crippen LogP contribution is 2.25. The second kappa shape index (κ2) is 7.56. The molecule has 0 spiro atoms. The Labute approximate surface area is 171 Å². The van der Waals surface area contributed by atoms with E-state index < -0.39 is 15.9 Å². The second-order valence-corrected chi connectivity index (χ2v) is 8.13. The Hall–Kier alpha value is -3.79. The van der Waals surface area contributed by atoms with Gasteiger partial charge < -0.3 is 5.32 Å². The number of amides is 1. The van der Waals surface area contributed by atoms with Gasteiger partial charge in [-0.25, -0.2) is 22.0 Å². The van der Waals surface area contributed by atoms with Crippen molar-refractivity contribution < 1.29 is 17.6 Å². The van der Waals surface area contributed by atoms with Crippen LogP contribution < -0.4 is 10.0 Å². The maximum atomic E-state index is 13.6. The van der Waals surface area contributed by atoms with E-state index in [1.807, 2.05) is 10.8 Å². The highest BCUT2D eigenvalue weighted by atomic mass is 32.2. The van der Waals surface area contributed by atoms with Crippen molar-refractivity contribution in [3.05, 3.63) is 72.7 Å². The molecule has 0 fully saturated rings. The zero-order valence-electron chi connectivity index (χ0n) is 15.7. The molecular weight excluding hydrogens is 409 g/mol. The van der Waals surface area contributed by atoms with Crippen molar-refractivity contribution in [3.8, 4) is 11.1 Å². The molecule has 4 rings (SSSR count). The number of carbonyl (C=O) groups excluding carboxylic acids is 1. The van der Waals surface area contributed by atoms with Crippen molar-refractivity contribution in [1.29, 1.82) is 0 Å². The molecule has 0 radical (unpaired) electrons. The van der Waals surface area contributed by atoms with Crippen LogP contribution in [0.25, 0.3) is 16.8 Å². The van der Waals surface area contributed by atoms with E-state index in [0.29, 0.717) is 22.5 Å². The average Bonchev–Trinajstić information content (AvgIpc) is 3.10. The molecule has 4 aromatic rings. The van der Waals surface area contributed by atoms with Gasteiger partial charge in [-0.2, -0.15) is 4.98 Å². The summed E-state index contributed by atoms with van der Waals surface area (Å²) in [6.07, 6.45) is 1.72. The lowest BCUT2D eigenvalue weighted by molar-refractivity contribution is -0.117. The summed E-state index contributed by atoms with van der Waals surface area (Å²) in [7, 11) is -3.90. The van der Waals surface area contributed by atoms with Crippen LogP contribution in [0.15, 0.2) is 71.8 Å². The predicted molar refractivity (Wildman–Crippen MR) is 109 cm³/mol. The van der Waals surface area contributed by atoms with Gasteiger partial charge in [-0.15, -0.1) is 5.10 Å². The Bertz CT molecular complexity index is 1350. The number of fused-ring (bicyclic) bond motifs is 1. The van der Waals surface area contributed by atoms with Crippen molar-refractivity contribution in [3.63, 3.8) is 0 Å². The monoisotopic (exact) mass is 425 g/mol. The lowest BCUT2D eigenvalue weighted by Crippen LogP contribution is -2.28. The maximum absolute atomic E-state index is 13.6. The third-order valence-electron chi connectivity index (χ3n) is 4.20. The second-order valence-electron chi connectivity index (χ2n) is 6.45. The van der Waals surface area contributed by atoms with E-state index in [9.17, 15) is 17.6 Å². The number of carbonyl (C=O) groups is 1. The fourth-order valence-electron chi connectivity index (χ4n) is 2.94. The molecule has 152 valence electrons. The number of halogens is 1. The van der Waals surface area contributed by atoms with Gasteiger partial charge in [0.25, 0.3) is 10.0 Å². The predicted octanol–water partition coefficient (Wildman–Crippen LogP) is 3.10. The van der Waals surface area contributed by atoms with Crippen molar-refractivity contribution in [2.45, 2.75) is 11.8 Å². The summed E-state index contributed by atoms with van der Waals surface area (Å²) in [5, 5.41) is 7.36. The number of aromatic nitrogens is 3. The van der Waals surface area contributed by atoms with Crippen LogP contribution in [0, 0.1) is 5.82 Å². The van der Waals surface area contributed by atoms with Crippen molar-refractivity contribution in [2.75, 3.05) is 5.32 Å². The van der Waals surface area contributed by atoms with Crippen molar-refractivity contribution in [1.82, 2.24) is 19.3 Å². The van der Waals surface area contributed by atoms with Gasteiger partial charge in [0.15, 0.2) is 5.65 Å². The Kier molecular flexibility index (Phi) is 4.92. The van der Waals surface area contributed by atoms with E-state index in [1.165, 1.54) is 36.4 Å². The Morgan fingerprint density at radius 3 is 2.53 bits per heavy atom. The minimum atomic E-state index is -3.90. The minimum absolute atomic E-state index is 0.0420. The lowest BCUT2D eigenvalue weighted by Gasteiger charge is -2.06. The van der Waals surface area contributed by atoms with Crippen LogP contribution >= 0.6 is 0 Å². The number of nitrogens with one attached hydrogen (secondary N) is 2. The van der Waals surface area contributed by atoms with Gasteiger partial charge in [0.1, 0.15) is 5.82 Å². The number of pyridine rings is 1. The summed E-state index contributed by atoms with van der Waals surface area (Å²) >= 11 is 0. The first-order valence-corrected chi connectivity index (χ1v) is 10.3. The molecule has 10 heteroatoms. The molecule has 30 heavy (non-hydrogen) atoms. The van der Waals surface area contributed by atoms with Gasteiger partial charge in [0.2, 0.25) is 11.9 Å². The minimum Gasteiger partial charge on any atom is -0.323 e. The number of sulfonamides is 1. The van der Waals surface area contributed by atoms with E-state index in [2.05, 4.69) is 15.4 Å². The molecule has 0 aliphatic heterocycles. The van der Waals surface area contributed by atoms with Crippen LogP contribution in [0.5, 0.6) is 0 Å². The first-order chi connectivity index (χ1) is 14.3. The summed E-state index contributed by atoms with van der Waals surface area (Å²) in [5.74, 6) is -0.724. The number of nitrogens with zero attached hydrogens (tertiary/aromatic N) is 3. The van der Waals surface area contributed by atoms with Crippen molar-refractivity contribution >= 4 is 33.2 Å². The first-order valence-electron chi connectivity index (χ1n) is 8.84. The SMILES string of the molecule is CC(=O)NS(=O)(=O)c1ccc(Nc2nc3c(-c4cccc(F)c4)cccn3n2)cc1. The van der Waals surface area contributed by atoms with E-state index in [-0.39, 0.29) is 16.7 Å². The summed E-state index contributed by atoms with van der Waals surface area (Å²) in [4.78, 5) is 15.5. The fourth-order valence-corrected chi connectivity index (χ4v) is 3.93. The van der Waals surface area contributed by atoms with Gasteiger partial charge >= 0.3 is 0 Å². The van der Waals surface area contributed by atoms with Crippen LogP contribution in [0.1, 0.15) is 6.92 Å². The zero-order chi connectivity index (χ0) is 21.3. The Morgan fingerprint density at radius 1 is 1.07 bits per heavy atom. The van der Waals surface area contributed by atoms with Crippen LogP contribution in [-0.2, 0) is 14.8 Å². The van der Waals surface area contributed by atoms with Gasteiger partial charge in [0.05, 0.1) is 4.90 Å². The molecule has 0 bridgehead atoms. The molecule has 0 unspecified atom stereocenters. The topological polar surface area (TPSA) is 105 Å². The summed E-state index contributed by atoms with van der Waals surface area (Å²) in [5.41, 5.74) is 2.48. The molecule has 0 saturated carbocycles. The Morgan fingerprint density at radius 2 is 1.83 bits per heavy atom. The standard InChI is InChI=1S/C20H16FN5O3S/c1-13(27)25-30(28,29)17-9-7-16(8-10-17)22-20-23-19-18(6-3-11-26(19)24-20)14-4-2-5-15(21)12-14/h2-12H,1H3,(H,22,24)(H,25,27). The van der Waals surface area contributed by atoms with Gasteiger partial charge in [0, 0.05) is 24.4 Å².